The van der Waals surface area contributed by atoms with Crippen LogP contribution in [0.25, 0.3) is 0 Å². The van der Waals surface area contributed by atoms with Gasteiger partial charge in [-0.1, -0.05) is 96.8 Å². The molecule has 158 valence electrons. The van der Waals surface area contributed by atoms with Crippen LogP contribution in [0.4, 0.5) is 0 Å². The zero-order valence-electron chi connectivity index (χ0n) is 18.3. The van der Waals surface area contributed by atoms with Crippen LogP contribution < -0.4 is 29.6 Å². The SMILES string of the molecule is CCCCCC(CCCCCCCCCCCCCC(C)O)S(=O)(=O)[O-].[Na+]. The monoisotopic (exact) mass is 414 g/mol. The first-order chi connectivity index (χ1) is 12.4. The van der Waals surface area contributed by atoms with Crippen LogP contribution in [-0.4, -0.2) is 29.4 Å². The Morgan fingerprint density at radius 2 is 1.04 bits per heavy atom. The minimum atomic E-state index is -4.13. The van der Waals surface area contributed by atoms with Gasteiger partial charge in [-0.05, 0) is 26.2 Å². The number of aliphatic hydroxyl groups excluding tert-OH is 1. The molecule has 0 aliphatic carbocycles. The molecule has 0 fully saturated rings. The number of hydrogen-bond acceptors (Lipinski definition) is 4. The van der Waals surface area contributed by atoms with Gasteiger partial charge in [-0.3, -0.25) is 0 Å². The van der Waals surface area contributed by atoms with Crippen LogP contribution in [0.3, 0.4) is 0 Å². The van der Waals surface area contributed by atoms with Crippen molar-refractivity contribution in [1.82, 2.24) is 0 Å². The van der Waals surface area contributed by atoms with E-state index in [1.54, 1.807) is 0 Å². The van der Waals surface area contributed by atoms with E-state index < -0.39 is 15.4 Å². The first-order valence-electron chi connectivity index (χ1n) is 11.0. The molecule has 0 rings (SSSR count). The van der Waals surface area contributed by atoms with Gasteiger partial charge in [0.05, 0.1) is 16.2 Å². The minimum absolute atomic E-state index is 0. The van der Waals surface area contributed by atoms with Crippen molar-refractivity contribution >= 4 is 10.1 Å². The summed E-state index contributed by atoms with van der Waals surface area (Å²) in [6.45, 7) is 3.94. The molecular formula is C21H43NaO4S. The summed E-state index contributed by atoms with van der Waals surface area (Å²) in [4.78, 5) is 0. The normalized spacial score (nSPS) is 13.9. The molecule has 0 amide bonds. The van der Waals surface area contributed by atoms with Crippen LogP contribution in [0.15, 0.2) is 0 Å². The van der Waals surface area contributed by atoms with Crippen LogP contribution >= 0.6 is 0 Å². The molecule has 0 bridgehead atoms. The van der Waals surface area contributed by atoms with Crippen LogP contribution in [0.2, 0.25) is 0 Å². The van der Waals surface area contributed by atoms with Crippen LogP contribution in [0.1, 0.15) is 123 Å². The van der Waals surface area contributed by atoms with Gasteiger partial charge in [0.2, 0.25) is 0 Å². The third-order valence-electron chi connectivity index (χ3n) is 5.19. The minimum Gasteiger partial charge on any atom is -0.748 e. The summed E-state index contributed by atoms with van der Waals surface area (Å²) in [5.41, 5.74) is 0. The Bertz CT molecular complexity index is 399. The van der Waals surface area contributed by atoms with Gasteiger partial charge in [0.1, 0.15) is 0 Å². The molecule has 0 aromatic carbocycles. The summed E-state index contributed by atoms with van der Waals surface area (Å²) in [6, 6.07) is 0. The fourth-order valence-corrected chi connectivity index (χ4v) is 4.37. The van der Waals surface area contributed by atoms with Gasteiger partial charge in [-0.2, -0.15) is 0 Å². The third kappa shape index (κ3) is 21.4. The molecule has 0 aliphatic rings. The Hall–Kier alpha value is 0.870. The Morgan fingerprint density at radius 1 is 0.704 bits per heavy atom. The Morgan fingerprint density at radius 3 is 1.37 bits per heavy atom. The zero-order valence-corrected chi connectivity index (χ0v) is 21.1. The molecule has 1 N–H and O–H groups in total. The Kier molecular flexibility index (Phi) is 22.4. The number of rotatable bonds is 19. The quantitative estimate of drug-likeness (QED) is 0.200. The standard InChI is InChI=1S/C21H44O4S.Na/c1-3-4-14-18-21(26(23,24)25)19-16-13-11-9-7-5-6-8-10-12-15-17-20(2)22;/h20-22H,3-19H2,1-2H3,(H,23,24,25);/q;+1/p-1. The van der Waals surface area contributed by atoms with Crippen molar-refractivity contribution in [1.29, 1.82) is 0 Å². The van der Waals surface area contributed by atoms with Crippen molar-refractivity contribution in [3.8, 4) is 0 Å². The molecule has 6 heteroatoms. The topological polar surface area (TPSA) is 77.4 Å². The average molecular weight is 415 g/mol. The van der Waals surface area contributed by atoms with E-state index in [1.807, 2.05) is 6.92 Å². The van der Waals surface area contributed by atoms with Crippen molar-refractivity contribution in [3.63, 3.8) is 0 Å². The van der Waals surface area contributed by atoms with Gasteiger partial charge in [0.25, 0.3) is 0 Å². The number of unbranched alkanes of at least 4 members (excludes halogenated alkanes) is 12. The molecule has 0 saturated carbocycles. The summed E-state index contributed by atoms with van der Waals surface area (Å²) in [5.74, 6) is 0. The predicted molar refractivity (Wildman–Crippen MR) is 109 cm³/mol. The van der Waals surface area contributed by atoms with E-state index in [1.165, 1.54) is 44.9 Å². The fourth-order valence-electron chi connectivity index (χ4n) is 3.46. The van der Waals surface area contributed by atoms with Crippen molar-refractivity contribution in [2.75, 3.05) is 0 Å². The smallest absolute Gasteiger partial charge is 0.748 e. The second-order valence-electron chi connectivity index (χ2n) is 7.93. The number of aliphatic hydroxyl groups is 1. The van der Waals surface area contributed by atoms with E-state index in [9.17, 15) is 18.1 Å². The van der Waals surface area contributed by atoms with E-state index in [2.05, 4.69) is 6.92 Å². The Balaban J connectivity index is 0. The fraction of sp³-hybridized carbons (Fsp3) is 1.00. The van der Waals surface area contributed by atoms with Crippen molar-refractivity contribution < 1.29 is 47.6 Å². The largest absolute Gasteiger partial charge is 1.00 e. The van der Waals surface area contributed by atoms with Gasteiger partial charge in [-0.25, -0.2) is 8.42 Å². The number of hydrogen-bond donors (Lipinski definition) is 1. The second-order valence-corrected chi connectivity index (χ2v) is 9.58. The van der Waals surface area contributed by atoms with Crippen molar-refractivity contribution in [2.45, 2.75) is 134 Å². The molecule has 0 saturated heterocycles. The zero-order chi connectivity index (χ0) is 19.7. The van der Waals surface area contributed by atoms with Gasteiger partial charge < -0.3 is 9.66 Å². The van der Waals surface area contributed by atoms with Crippen LogP contribution in [0, 0.1) is 0 Å². The molecule has 27 heavy (non-hydrogen) atoms. The van der Waals surface area contributed by atoms with Crippen LogP contribution in [-0.2, 0) is 10.1 Å². The summed E-state index contributed by atoms with van der Waals surface area (Å²) in [5, 5.41) is 8.52. The first-order valence-corrected chi connectivity index (χ1v) is 12.5. The third-order valence-corrected chi connectivity index (χ3v) is 6.47. The maximum absolute atomic E-state index is 11.3. The van der Waals surface area contributed by atoms with E-state index in [0.717, 1.165) is 51.4 Å². The van der Waals surface area contributed by atoms with Crippen molar-refractivity contribution in [2.24, 2.45) is 0 Å². The van der Waals surface area contributed by atoms with Gasteiger partial charge in [0, 0.05) is 5.25 Å². The van der Waals surface area contributed by atoms with E-state index >= 15 is 0 Å². The molecule has 0 radical (unpaired) electrons. The molecule has 0 aromatic rings. The molecule has 0 aliphatic heterocycles. The van der Waals surface area contributed by atoms with Gasteiger partial charge in [-0.15, -0.1) is 0 Å². The molecule has 2 unspecified atom stereocenters. The molecule has 2 atom stereocenters. The Labute approximate surface area is 191 Å². The summed E-state index contributed by atoms with van der Waals surface area (Å²) >= 11 is 0. The summed E-state index contributed by atoms with van der Waals surface area (Å²) in [7, 11) is -4.13. The molecule has 0 spiro atoms. The van der Waals surface area contributed by atoms with E-state index in [4.69, 9.17) is 0 Å². The summed E-state index contributed by atoms with van der Waals surface area (Å²) < 4.78 is 34.0. The first kappa shape index (κ1) is 30.1. The predicted octanol–water partition coefficient (Wildman–Crippen LogP) is 2.94. The average Bonchev–Trinajstić information content (AvgIpc) is 2.56. The maximum atomic E-state index is 11.3. The summed E-state index contributed by atoms with van der Waals surface area (Å²) in [6.07, 6.45) is 17.8. The van der Waals surface area contributed by atoms with Gasteiger partial charge >= 0.3 is 29.6 Å². The maximum Gasteiger partial charge on any atom is 1.00 e. The van der Waals surface area contributed by atoms with Crippen molar-refractivity contribution in [3.05, 3.63) is 0 Å². The second kappa shape index (κ2) is 20.2. The van der Waals surface area contributed by atoms with E-state index in [-0.39, 0.29) is 35.7 Å². The van der Waals surface area contributed by atoms with E-state index in [0.29, 0.717) is 12.8 Å². The van der Waals surface area contributed by atoms with Gasteiger partial charge in [0.15, 0.2) is 0 Å². The van der Waals surface area contributed by atoms with Crippen LogP contribution in [0.5, 0.6) is 0 Å². The molecular weight excluding hydrogens is 371 g/mol. The molecule has 0 aromatic heterocycles. The molecule has 0 heterocycles. The molecule has 4 nitrogen and oxygen atoms in total.